The van der Waals surface area contributed by atoms with Crippen LogP contribution in [0.5, 0.6) is 0 Å². The molecule has 6 rings (SSSR count). The third kappa shape index (κ3) is 4.57. The third-order valence-electron chi connectivity index (χ3n) is 15.5. The summed E-state index contributed by atoms with van der Waals surface area (Å²) in [6.07, 6.45) is 5.02. The summed E-state index contributed by atoms with van der Waals surface area (Å²) in [6, 6.07) is 0. The van der Waals surface area contributed by atoms with Crippen molar-refractivity contribution in [1.29, 1.82) is 0 Å². The molecule has 5 fully saturated rings. The molecule has 0 aromatic rings. The molecule has 9 heteroatoms. The third-order valence-corrected chi connectivity index (χ3v) is 15.5. The normalized spacial score (nSPS) is 53.0. The van der Waals surface area contributed by atoms with Gasteiger partial charge in [0.25, 0.3) is 0 Å². The predicted octanol–water partition coefficient (Wildman–Crippen LogP) is 5.24. The van der Waals surface area contributed by atoms with Crippen molar-refractivity contribution in [2.24, 2.45) is 50.7 Å². The number of ether oxygens (including phenoxy) is 3. The summed E-state index contributed by atoms with van der Waals surface area (Å²) >= 11 is 0. The van der Waals surface area contributed by atoms with E-state index in [0.717, 1.165) is 44.9 Å². The maximum Gasteiger partial charge on any atom is 0.310 e. The van der Waals surface area contributed by atoms with Crippen LogP contribution in [-0.4, -0.2) is 75.3 Å². The number of aliphatic carboxylic acids is 1. The number of carboxylic acids is 1. The van der Waals surface area contributed by atoms with E-state index in [0.29, 0.717) is 24.7 Å². The molecule has 9 nitrogen and oxygen atoms in total. The van der Waals surface area contributed by atoms with E-state index >= 15 is 0 Å². The molecule has 6 aliphatic rings. The van der Waals surface area contributed by atoms with Crippen molar-refractivity contribution >= 4 is 11.9 Å². The van der Waals surface area contributed by atoms with Gasteiger partial charge in [-0.2, -0.15) is 0 Å². The first-order chi connectivity index (χ1) is 21.3. The molecule has 0 spiro atoms. The number of allylic oxidation sites excluding steroid dienone is 1. The Morgan fingerprint density at radius 2 is 1.63 bits per heavy atom. The highest BCUT2D eigenvalue weighted by molar-refractivity contribution is 5.77. The van der Waals surface area contributed by atoms with Crippen LogP contribution in [0.2, 0.25) is 0 Å². The highest BCUT2D eigenvalue weighted by Crippen LogP contribution is 2.76. The molecule has 46 heavy (non-hydrogen) atoms. The van der Waals surface area contributed by atoms with Crippen molar-refractivity contribution in [2.45, 2.75) is 149 Å². The Kier molecular flexibility index (Phi) is 8.21. The monoisotopic (exact) mass is 646 g/mol. The number of hydrogen-bond acceptors (Lipinski definition) is 8. The van der Waals surface area contributed by atoms with Gasteiger partial charge < -0.3 is 34.6 Å². The number of esters is 1. The number of aliphatic hydroxyl groups excluding tert-OH is 2. The first-order valence-electron chi connectivity index (χ1n) is 17.7. The van der Waals surface area contributed by atoms with Gasteiger partial charge >= 0.3 is 11.9 Å². The van der Waals surface area contributed by atoms with Gasteiger partial charge in [-0.05, 0) is 104 Å². The van der Waals surface area contributed by atoms with E-state index in [1.54, 1.807) is 0 Å². The van der Waals surface area contributed by atoms with E-state index in [1.165, 1.54) is 12.5 Å². The Balaban J connectivity index is 1.31. The highest BCUT2D eigenvalue weighted by atomic mass is 16.7. The summed E-state index contributed by atoms with van der Waals surface area (Å²) in [5.41, 5.74) is -1.32. The zero-order valence-corrected chi connectivity index (χ0v) is 29.2. The van der Waals surface area contributed by atoms with Crippen molar-refractivity contribution in [3.05, 3.63) is 11.6 Å². The molecule has 260 valence electrons. The summed E-state index contributed by atoms with van der Waals surface area (Å²) in [6.45, 7) is 17.0. The predicted molar refractivity (Wildman–Crippen MR) is 170 cm³/mol. The summed E-state index contributed by atoms with van der Waals surface area (Å²) in [7, 11) is 0. The molecule has 0 bridgehead atoms. The topological polar surface area (TPSA) is 143 Å². The van der Waals surface area contributed by atoms with Crippen LogP contribution in [0.3, 0.4) is 0 Å². The van der Waals surface area contributed by atoms with Crippen molar-refractivity contribution in [3.63, 3.8) is 0 Å². The molecular weight excluding hydrogens is 588 g/mol. The van der Waals surface area contributed by atoms with Gasteiger partial charge in [0.15, 0.2) is 12.4 Å². The lowest BCUT2D eigenvalue weighted by Gasteiger charge is -2.72. The van der Waals surface area contributed by atoms with E-state index in [-0.39, 0.29) is 40.3 Å². The zero-order chi connectivity index (χ0) is 33.8. The Labute approximate surface area is 274 Å². The van der Waals surface area contributed by atoms with E-state index in [4.69, 9.17) is 14.2 Å². The largest absolute Gasteiger partial charge is 0.481 e. The lowest BCUT2D eigenvalue weighted by atomic mass is 9.33. The molecule has 0 aromatic carbocycles. The quantitative estimate of drug-likeness (QED) is 0.183. The maximum absolute atomic E-state index is 13.0. The molecule has 1 heterocycles. The molecule has 14 unspecified atom stereocenters. The van der Waals surface area contributed by atoms with Crippen LogP contribution in [0.25, 0.3) is 0 Å². The molecular formula is C37H58O9. The van der Waals surface area contributed by atoms with Crippen LogP contribution in [0.4, 0.5) is 0 Å². The molecule has 5 aliphatic carbocycles. The van der Waals surface area contributed by atoms with Gasteiger partial charge in [0.2, 0.25) is 0 Å². The standard InChI is InChI=1S/C37H58O9/c1-20-11-16-37(31(41)42)18-17-34(6)22(29(37)36(20,8)43)9-10-25-33(5)14-13-26(32(3,4)24(33)12-15-35(25,34)7)46-30-28(45-21(2)38)27(40)23(39)19-44-30/h9,20,23-30,39-40,43H,10-19H2,1-8H3,(H,41,42). The maximum atomic E-state index is 13.0. The molecule has 4 N–H and O–H groups in total. The van der Waals surface area contributed by atoms with Gasteiger partial charge in [-0.15, -0.1) is 0 Å². The lowest BCUT2D eigenvalue weighted by molar-refractivity contribution is -0.310. The van der Waals surface area contributed by atoms with Gasteiger partial charge in [-0.3, -0.25) is 9.59 Å². The fourth-order valence-electron chi connectivity index (χ4n) is 12.4. The van der Waals surface area contributed by atoms with Gasteiger partial charge in [0.05, 0.1) is 23.7 Å². The first kappa shape index (κ1) is 34.3. The van der Waals surface area contributed by atoms with E-state index in [1.807, 2.05) is 6.92 Å². The second kappa shape index (κ2) is 11.0. The van der Waals surface area contributed by atoms with E-state index in [9.17, 15) is 30.0 Å². The summed E-state index contributed by atoms with van der Waals surface area (Å²) in [5.74, 6) is -0.966. The SMILES string of the molecule is CC(=O)OC1C(OC2CCC3(C)C(CCC4(C)C3CC=C3C5C(C(=O)O)(CCC(C)C5(C)O)CCC34C)C2(C)C)OCC(O)C1O. The van der Waals surface area contributed by atoms with Crippen LogP contribution in [0.15, 0.2) is 11.6 Å². The molecule has 1 saturated heterocycles. The van der Waals surface area contributed by atoms with Gasteiger partial charge in [-0.1, -0.05) is 53.2 Å². The number of carbonyl (C=O) groups is 2. The van der Waals surface area contributed by atoms with Gasteiger partial charge in [-0.25, -0.2) is 0 Å². The number of carboxylic acid groups (broad SMARTS) is 1. The summed E-state index contributed by atoms with van der Waals surface area (Å²) < 4.78 is 17.8. The molecule has 0 amide bonds. The molecule has 0 aromatic heterocycles. The first-order valence-corrected chi connectivity index (χ1v) is 17.7. The van der Waals surface area contributed by atoms with E-state index < -0.39 is 53.5 Å². The zero-order valence-electron chi connectivity index (χ0n) is 29.2. The molecule has 14 atom stereocenters. The van der Waals surface area contributed by atoms with Crippen LogP contribution >= 0.6 is 0 Å². The lowest BCUT2D eigenvalue weighted by Crippen LogP contribution is -2.68. The highest BCUT2D eigenvalue weighted by Gasteiger charge is 2.71. The fraction of sp³-hybridized carbons (Fsp3) is 0.892. The minimum absolute atomic E-state index is 0.00350. The minimum Gasteiger partial charge on any atom is -0.481 e. The van der Waals surface area contributed by atoms with Crippen molar-refractivity contribution < 1.29 is 44.2 Å². The Hall–Kier alpha value is -1.52. The van der Waals surface area contributed by atoms with Gasteiger partial charge in [0, 0.05) is 12.8 Å². The Morgan fingerprint density at radius 3 is 2.28 bits per heavy atom. The van der Waals surface area contributed by atoms with Crippen LogP contribution in [0, 0.1) is 50.7 Å². The Bertz CT molecular complexity index is 1280. The number of carbonyl (C=O) groups excluding carboxylic acids is 1. The van der Waals surface area contributed by atoms with Crippen molar-refractivity contribution in [2.75, 3.05) is 6.61 Å². The molecule has 1 aliphatic heterocycles. The summed E-state index contributed by atoms with van der Waals surface area (Å²) in [5, 5.41) is 43.6. The van der Waals surface area contributed by atoms with Crippen LogP contribution in [-0.2, 0) is 23.8 Å². The average molecular weight is 647 g/mol. The van der Waals surface area contributed by atoms with Crippen LogP contribution < -0.4 is 0 Å². The van der Waals surface area contributed by atoms with Crippen molar-refractivity contribution in [3.8, 4) is 0 Å². The number of rotatable bonds is 4. The van der Waals surface area contributed by atoms with Crippen LogP contribution in [0.1, 0.15) is 113 Å². The van der Waals surface area contributed by atoms with E-state index in [2.05, 4.69) is 47.6 Å². The number of aliphatic hydroxyl groups is 3. The van der Waals surface area contributed by atoms with Gasteiger partial charge in [0.1, 0.15) is 12.2 Å². The number of fused-ring (bicyclic) bond motifs is 7. The summed E-state index contributed by atoms with van der Waals surface area (Å²) in [4.78, 5) is 24.9. The second-order valence-corrected chi connectivity index (χ2v) is 17.7. The smallest absolute Gasteiger partial charge is 0.310 e. The fourth-order valence-corrected chi connectivity index (χ4v) is 12.4. The molecule has 0 radical (unpaired) electrons. The second-order valence-electron chi connectivity index (χ2n) is 17.7. The van der Waals surface area contributed by atoms with Crippen molar-refractivity contribution in [1.82, 2.24) is 0 Å². The minimum atomic E-state index is -1.29. The average Bonchev–Trinajstić information content (AvgIpc) is 2.96. The Morgan fingerprint density at radius 1 is 0.935 bits per heavy atom. The molecule has 4 saturated carbocycles. The number of hydrogen-bond donors (Lipinski definition) is 4.